The van der Waals surface area contributed by atoms with E-state index < -0.39 is 0 Å². The first kappa shape index (κ1) is 45.1. The van der Waals surface area contributed by atoms with Crippen molar-refractivity contribution in [2.75, 3.05) is 5.32 Å². The Balaban J connectivity index is 1.22. The third kappa shape index (κ3) is 6.08. The van der Waals surface area contributed by atoms with Gasteiger partial charge in [-0.3, -0.25) is 0 Å². The lowest BCUT2D eigenvalue weighted by Crippen LogP contribution is -2.39. The maximum atomic E-state index is 4.17. The minimum Gasteiger partial charge on any atom is -0.355 e. The topological polar surface area (TPSA) is 17.0 Å². The maximum Gasteiger partial charge on any atom is 0.197 e. The van der Waals surface area contributed by atoms with E-state index in [1.165, 1.54) is 140 Å². The van der Waals surface area contributed by atoms with Crippen LogP contribution in [0.25, 0.3) is 60.9 Å². The van der Waals surface area contributed by atoms with Crippen LogP contribution in [0.2, 0.25) is 0 Å². The van der Waals surface area contributed by atoms with E-state index in [4.69, 9.17) is 0 Å². The van der Waals surface area contributed by atoms with E-state index in [-0.39, 0.29) is 37.9 Å². The first-order valence-corrected chi connectivity index (χ1v) is 26.9. The van der Waals surface area contributed by atoms with Gasteiger partial charge in [-0.15, -0.1) is 0 Å². The van der Waals surface area contributed by atoms with Gasteiger partial charge in [-0.1, -0.05) is 176 Å². The van der Waals surface area contributed by atoms with Gasteiger partial charge in [0.05, 0.1) is 5.52 Å². The van der Waals surface area contributed by atoms with E-state index >= 15 is 0 Å². The molecule has 0 bridgehead atoms. The van der Waals surface area contributed by atoms with Crippen molar-refractivity contribution in [2.45, 2.75) is 167 Å². The summed E-state index contributed by atoms with van der Waals surface area (Å²) >= 11 is 0. The van der Waals surface area contributed by atoms with Gasteiger partial charge >= 0.3 is 0 Å². The molecule has 7 aromatic carbocycles. The number of nitrogens with one attached hydrogen (secondary N) is 1. The fourth-order valence-corrected chi connectivity index (χ4v) is 14.7. The standard InChI is InChI=1S/C68H72BN2/c1-62(2,3)38-24-26-39(27-25-38)70-53-36-50-48(63(4,5)28-30-65(50,8)9)32-43(53)58-59-56(41-21-17-19-23-46(41)68(59,14)15)57-44-33-49-51(66(10,11)31-29-64(49,6)7)37-54(44)71-55-34-42-40-20-16-18-22-45(40)67(12,13)47(42)35-52(55)69-60(58)61(57)71/h16-27,32-37,70H,28-31H2,1-15H3. The Hall–Kier alpha value is -5.80. The van der Waals surface area contributed by atoms with Crippen molar-refractivity contribution in [3.63, 3.8) is 0 Å². The molecule has 1 N–H and O–H groups in total. The van der Waals surface area contributed by atoms with Crippen molar-refractivity contribution in [2.24, 2.45) is 0 Å². The molecular weight excluding hydrogens is 856 g/mol. The summed E-state index contributed by atoms with van der Waals surface area (Å²) in [5.74, 6) is 0. The average Bonchev–Trinajstić information content (AvgIpc) is 3.86. The lowest BCUT2D eigenvalue weighted by atomic mass is 9.56. The average molecular weight is 928 g/mol. The van der Waals surface area contributed by atoms with E-state index in [9.17, 15) is 0 Å². The maximum absolute atomic E-state index is 4.17. The quantitative estimate of drug-likeness (QED) is 0.175. The lowest BCUT2D eigenvalue weighted by molar-refractivity contribution is 0.332. The third-order valence-electron chi connectivity index (χ3n) is 19.3. The van der Waals surface area contributed by atoms with Crippen LogP contribution in [0.15, 0.2) is 109 Å². The van der Waals surface area contributed by atoms with Crippen molar-refractivity contribution in [3.8, 4) is 39.1 Å². The van der Waals surface area contributed by atoms with Gasteiger partial charge in [0.25, 0.3) is 0 Å². The molecule has 0 atom stereocenters. The fraction of sp³-hybridized carbons (Fsp3) is 0.382. The van der Waals surface area contributed by atoms with Crippen molar-refractivity contribution in [1.82, 2.24) is 4.57 Å². The SMILES string of the molecule is CC(C)(C)c1ccc(Nc2cc3c(cc2-c2c4c(c5c6cc7c(cc6n6c5c2[B]c2cc5c(cc2-6)-c2ccccc2C5(C)C)C(C)(C)CCC7(C)C)-c2ccccc2C4(C)C)C(C)(C)CCC3(C)C)cc1. The largest absolute Gasteiger partial charge is 0.355 e. The van der Waals surface area contributed by atoms with E-state index in [1.54, 1.807) is 0 Å². The van der Waals surface area contributed by atoms with E-state index in [2.05, 4.69) is 230 Å². The van der Waals surface area contributed by atoms with Gasteiger partial charge in [0.2, 0.25) is 0 Å². The Labute approximate surface area is 424 Å². The van der Waals surface area contributed by atoms with Gasteiger partial charge in [0, 0.05) is 49.7 Å². The Morgan fingerprint density at radius 1 is 0.493 bits per heavy atom. The van der Waals surface area contributed by atoms with Gasteiger partial charge < -0.3 is 9.88 Å². The van der Waals surface area contributed by atoms with Crippen LogP contribution in [0.4, 0.5) is 11.4 Å². The van der Waals surface area contributed by atoms with E-state index in [0.717, 1.165) is 18.5 Å². The Morgan fingerprint density at radius 2 is 1.04 bits per heavy atom. The summed E-state index contributed by atoms with van der Waals surface area (Å²) in [6, 6.07) is 43.6. The zero-order valence-corrected chi connectivity index (χ0v) is 45.2. The number of benzene rings is 7. The molecular formula is C68H72BN2. The summed E-state index contributed by atoms with van der Waals surface area (Å²) in [6.07, 6.45) is 4.67. The Morgan fingerprint density at radius 3 is 1.66 bits per heavy atom. The minimum atomic E-state index is -0.290. The molecule has 1 radical (unpaired) electrons. The Bertz CT molecular complexity index is 3670. The highest BCUT2D eigenvalue weighted by Gasteiger charge is 2.47. The molecule has 2 nitrogen and oxygen atoms in total. The molecule has 0 unspecified atom stereocenters. The van der Waals surface area contributed by atoms with Crippen LogP contribution in [0.1, 0.15) is 180 Å². The lowest BCUT2D eigenvalue weighted by Gasteiger charge is -2.43. The fourth-order valence-electron chi connectivity index (χ4n) is 14.7. The number of nitrogens with zero attached hydrogens (tertiary/aromatic N) is 1. The van der Waals surface area contributed by atoms with E-state index in [1.807, 2.05) is 0 Å². The molecule has 2 heterocycles. The highest BCUT2D eigenvalue weighted by atomic mass is 15.0. The molecule has 71 heavy (non-hydrogen) atoms. The molecule has 0 spiro atoms. The smallest absolute Gasteiger partial charge is 0.197 e. The zero-order valence-electron chi connectivity index (χ0n) is 45.2. The summed E-state index contributed by atoms with van der Waals surface area (Å²) in [4.78, 5) is 0. The van der Waals surface area contributed by atoms with Gasteiger partial charge in [-0.25, -0.2) is 0 Å². The summed E-state index contributed by atoms with van der Waals surface area (Å²) in [6.45, 7) is 36.7. The van der Waals surface area contributed by atoms with E-state index in [0.29, 0.717) is 0 Å². The highest BCUT2D eigenvalue weighted by molar-refractivity contribution is 6.74. The van der Waals surface area contributed by atoms with Gasteiger partial charge in [0.15, 0.2) is 7.28 Å². The normalized spacial score (nSPS) is 19.5. The second-order valence-electron chi connectivity index (χ2n) is 27.4. The number of hydrogen-bond acceptors (Lipinski definition) is 1. The van der Waals surface area contributed by atoms with Crippen LogP contribution >= 0.6 is 0 Å². The molecule has 5 aliphatic rings. The highest BCUT2D eigenvalue weighted by Crippen LogP contribution is 2.60. The van der Waals surface area contributed by atoms with Crippen LogP contribution in [0, 0.1) is 0 Å². The van der Waals surface area contributed by atoms with Crippen molar-refractivity contribution in [1.29, 1.82) is 0 Å². The molecule has 0 saturated heterocycles. The molecule has 0 fully saturated rings. The number of aromatic nitrogens is 1. The van der Waals surface area contributed by atoms with Crippen LogP contribution in [-0.4, -0.2) is 11.8 Å². The van der Waals surface area contributed by atoms with Crippen LogP contribution in [-0.2, 0) is 37.9 Å². The second kappa shape index (κ2) is 14.0. The van der Waals surface area contributed by atoms with Crippen molar-refractivity contribution < 1.29 is 0 Å². The summed E-state index contributed by atoms with van der Waals surface area (Å²) in [5.41, 5.74) is 29.9. The number of anilines is 2. The monoisotopic (exact) mass is 928 g/mol. The molecule has 0 saturated carbocycles. The first-order valence-electron chi connectivity index (χ1n) is 26.9. The molecule has 1 aliphatic heterocycles. The third-order valence-corrected chi connectivity index (χ3v) is 19.3. The predicted octanol–water partition coefficient (Wildman–Crippen LogP) is 16.8. The van der Waals surface area contributed by atoms with Crippen molar-refractivity contribution >= 4 is 51.4 Å². The molecule has 0 amide bonds. The molecule has 4 aliphatic carbocycles. The number of hydrogen-bond donors (Lipinski definition) is 1. The predicted molar refractivity (Wildman–Crippen MR) is 305 cm³/mol. The van der Waals surface area contributed by atoms with Crippen LogP contribution in [0.5, 0.6) is 0 Å². The summed E-state index contributed by atoms with van der Waals surface area (Å²) < 4.78 is 2.75. The molecule has 357 valence electrons. The summed E-state index contributed by atoms with van der Waals surface area (Å²) in [5, 5.41) is 6.96. The molecule has 8 aromatic rings. The van der Waals surface area contributed by atoms with Crippen LogP contribution in [0.3, 0.4) is 0 Å². The van der Waals surface area contributed by atoms with Crippen LogP contribution < -0.4 is 16.2 Å². The van der Waals surface area contributed by atoms with Gasteiger partial charge in [0.1, 0.15) is 0 Å². The summed E-state index contributed by atoms with van der Waals surface area (Å²) in [7, 11) is 2.63. The number of fused-ring (bicyclic) bond motifs is 14. The molecule has 1 aromatic heterocycles. The van der Waals surface area contributed by atoms with Crippen molar-refractivity contribution in [3.05, 3.63) is 159 Å². The molecule has 13 rings (SSSR count). The number of rotatable bonds is 3. The molecule has 3 heteroatoms. The first-order chi connectivity index (χ1) is 33.3. The van der Waals surface area contributed by atoms with Gasteiger partial charge in [-0.2, -0.15) is 0 Å². The Kier molecular flexibility index (Phi) is 8.91. The zero-order chi connectivity index (χ0) is 49.9. The van der Waals surface area contributed by atoms with Gasteiger partial charge in [-0.05, 0) is 179 Å². The minimum absolute atomic E-state index is 0.0144. The second-order valence-corrected chi connectivity index (χ2v) is 27.4.